The molecule has 0 radical (unpaired) electrons. The standard InChI is InChI=1S/C15H18N4O4S3/c1-3-24-15-18-17-14(25-15)16-13(20)12-8-9-19(26(2,21)22)10-6-4-5-7-11(10)23-12/h4-7,12H,3,8-9H2,1-2H3,(H,16,17,20)/t12-/m0/s1. The minimum Gasteiger partial charge on any atom is -0.478 e. The molecule has 0 fully saturated rings. The third-order valence-corrected chi connectivity index (χ3v) is 6.63. The van der Waals surface area contributed by atoms with Crippen LogP contribution in [0.25, 0.3) is 0 Å². The van der Waals surface area contributed by atoms with Crippen molar-refractivity contribution in [3.63, 3.8) is 0 Å². The van der Waals surface area contributed by atoms with E-state index in [2.05, 4.69) is 15.5 Å². The van der Waals surface area contributed by atoms with Crippen molar-refractivity contribution in [2.75, 3.05) is 28.2 Å². The van der Waals surface area contributed by atoms with Crippen LogP contribution in [-0.4, -0.2) is 49.2 Å². The Labute approximate surface area is 160 Å². The summed E-state index contributed by atoms with van der Waals surface area (Å²) in [5, 5.41) is 11.0. The number of benzene rings is 1. The van der Waals surface area contributed by atoms with Crippen molar-refractivity contribution in [2.45, 2.75) is 23.8 Å². The summed E-state index contributed by atoms with van der Waals surface area (Å²) in [5.74, 6) is 0.848. The number of aromatic nitrogens is 2. The van der Waals surface area contributed by atoms with Gasteiger partial charge in [0, 0.05) is 13.0 Å². The van der Waals surface area contributed by atoms with E-state index < -0.39 is 16.1 Å². The van der Waals surface area contributed by atoms with E-state index in [1.54, 1.807) is 36.0 Å². The van der Waals surface area contributed by atoms with Gasteiger partial charge in [-0.15, -0.1) is 10.2 Å². The third-order valence-electron chi connectivity index (χ3n) is 3.59. The van der Waals surface area contributed by atoms with Crippen molar-refractivity contribution >= 4 is 49.8 Å². The summed E-state index contributed by atoms with van der Waals surface area (Å²) < 4.78 is 32.0. The molecule has 8 nitrogen and oxygen atoms in total. The zero-order valence-corrected chi connectivity index (χ0v) is 16.7. The summed E-state index contributed by atoms with van der Waals surface area (Å²) in [6.45, 7) is 2.16. The molecule has 1 aliphatic rings. The maximum atomic E-state index is 12.6. The van der Waals surface area contributed by atoms with Crippen molar-refractivity contribution in [3.05, 3.63) is 24.3 Å². The zero-order chi connectivity index (χ0) is 18.7. The minimum atomic E-state index is -3.48. The second kappa shape index (κ2) is 7.80. The maximum Gasteiger partial charge on any atom is 0.267 e. The van der Waals surface area contributed by atoms with Gasteiger partial charge in [0.2, 0.25) is 15.2 Å². The van der Waals surface area contributed by atoms with Crippen molar-refractivity contribution in [3.8, 4) is 5.75 Å². The average Bonchev–Trinajstić information content (AvgIpc) is 2.91. The number of rotatable bonds is 5. The summed E-state index contributed by atoms with van der Waals surface area (Å²) >= 11 is 2.84. The zero-order valence-electron chi connectivity index (χ0n) is 14.2. The van der Waals surface area contributed by atoms with E-state index in [0.717, 1.165) is 16.3 Å². The molecule has 2 heterocycles. The van der Waals surface area contributed by atoms with Crippen LogP contribution in [0.1, 0.15) is 13.3 Å². The maximum absolute atomic E-state index is 12.6. The van der Waals surface area contributed by atoms with Gasteiger partial charge < -0.3 is 4.74 Å². The first-order valence-electron chi connectivity index (χ1n) is 7.89. The van der Waals surface area contributed by atoms with Crippen molar-refractivity contribution < 1.29 is 17.9 Å². The highest BCUT2D eigenvalue weighted by Crippen LogP contribution is 2.34. The highest BCUT2D eigenvalue weighted by atomic mass is 32.2. The molecule has 1 aliphatic heterocycles. The van der Waals surface area contributed by atoms with Gasteiger partial charge in [-0.1, -0.05) is 42.2 Å². The number of thioether (sulfide) groups is 1. The molecular formula is C15H18N4O4S3. The molecule has 3 rings (SSSR count). The number of para-hydroxylation sites is 2. The van der Waals surface area contributed by atoms with Gasteiger partial charge in [0.05, 0.1) is 11.9 Å². The van der Waals surface area contributed by atoms with E-state index >= 15 is 0 Å². The Morgan fingerprint density at radius 2 is 2.19 bits per heavy atom. The summed E-state index contributed by atoms with van der Waals surface area (Å²) in [7, 11) is -3.48. The van der Waals surface area contributed by atoms with Gasteiger partial charge in [0.1, 0.15) is 5.75 Å². The van der Waals surface area contributed by atoms with E-state index in [-0.39, 0.29) is 18.9 Å². The molecule has 0 bridgehead atoms. The van der Waals surface area contributed by atoms with Gasteiger partial charge in [0.25, 0.3) is 5.91 Å². The second-order valence-electron chi connectivity index (χ2n) is 5.49. The highest BCUT2D eigenvalue weighted by Gasteiger charge is 2.31. The Balaban J connectivity index is 1.78. The first-order valence-corrected chi connectivity index (χ1v) is 11.5. The van der Waals surface area contributed by atoms with Gasteiger partial charge >= 0.3 is 0 Å². The number of ether oxygens (including phenoxy) is 1. The lowest BCUT2D eigenvalue weighted by Gasteiger charge is -2.20. The Hall–Kier alpha value is -1.85. The summed E-state index contributed by atoms with van der Waals surface area (Å²) in [6.07, 6.45) is 0.537. The lowest BCUT2D eigenvalue weighted by Crippen LogP contribution is -2.35. The van der Waals surface area contributed by atoms with Crippen LogP contribution < -0.4 is 14.4 Å². The molecule has 11 heteroatoms. The number of hydrogen-bond acceptors (Lipinski definition) is 8. The molecule has 26 heavy (non-hydrogen) atoms. The van der Waals surface area contributed by atoms with E-state index in [0.29, 0.717) is 16.6 Å². The van der Waals surface area contributed by atoms with Gasteiger partial charge in [0.15, 0.2) is 10.4 Å². The molecule has 0 aliphatic carbocycles. The number of carbonyl (C=O) groups excluding carboxylic acids is 1. The molecule has 1 amide bonds. The van der Waals surface area contributed by atoms with Crippen LogP contribution in [-0.2, 0) is 14.8 Å². The Kier molecular flexibility index (Phi) is 5.68. The number of sulfonamides is 1. The fourth-order valence-corrected chi connectivity index (χ4v) is 5.08. The largest absolute Gasteiger partial charge is 0.478 e. The molecule has 2 aromatic rings. The van der Waals surface area contributed by atoms with Crippen LogP contribution in [0.2, 0.25) is 0 Å². The fraction of sp³-hybridized carbons (Fsp3) is 0.400. The number of hydrogen-bond donors (Lipinski definition) is 1. The van der Waals surface area contributed by atoms with Crippen molar-refractivity contribution in [1.82, 2.24) is 10.2 Å². The molecular weight excluding hydrogens is 396 g/mol. The minimum absolute atomic E-state index is 0.154. The number of fused-ring (bicyclic) bond motifs is 1. The molecule has 0 saturated carbocycles. The topological polar surface area (TPSA) is 101 Å². The molecule has 0 spiro atoms. The van der Waals surface area contributed by atoms with Gasteiger partial charge in [-0.25, -0.2) is 8.42 Å². The van der Waals surface area contributed by atoms with E-state index in [1.807, 2.05) is 6.92 Å². The Morgan fingerprint density at radius 1 is 1.42 bits per heavy atom. The monoisotopic (exact) mass is 414 g/mol. The van der Waals surface area contributed by atoms with Crippen LogP contribution in [0.3, 0.4) is 0 Å². The Bertz CT molecular complexity index is 900. The molecule has 1 atom stereocenters. The fourth-order valence-electron chi connectivity index (χ4n) is 2.49. The molecule has 1 N–H and O–H groups in total. The van der Waals surface area contributed by atoms with Crippen LogP contribution in [0.15, 0.2) is 28.6 Å². The van der Waals surface area contributed by atoms with Gasteiger partial charge in [-0.05, 0) is 17.9 Å². The summed E-state index contributed by atoms with van der Waals surface area (Å²) in [4.78, 5) is 12.6. The Morgan fingerprint density at radius 3 is 2.92 bits per heavy atom. The highest BCUT2D eigenvalue weighted by molar-refractivity contribution is 8.01. The van der Waals surface area contributed by atoms with E-state index in [1.165, 1.54) is 15.6 Å². The molecule has 0 saturated heterocycles. The summed E-state index contributed by atoms with van der Waals surface area (Å²) in [5.41, 5.74) is 0.433. The average molecular weight is 415 g/mol. The smallest absolute Gasteiger partial charge is 0.267 e. The summed E-state index contributed by atoms with van der Waals surface area (Å²) in [6, 6.07) is 6.78. The first-order chi connectivity index (χ1) is 12.4. The first kappa shape index (κ1) is 18.9. The number of nitrogens with zero attached hydrogens (tertiary/aromatic N) is 3. The van der Waals surface area contributed by atoms with Crippen molar-refractivity contribution in [2.24, 2.45) is 0 Å². The second-order valence-corrected chi connectivity index (χ2v) is 9.89. The van der Waals surface area contributed by atoms with Crippen LogP contribution >= 0.6 is 23.1 Å². The predicted molar refractivity (Wildman–Crippen MR) is 103 cm³/mol. The quantitative estimate of drug-likeness (QED) is 0.591. The molecule has 0 unspecified atom stereocenters. The van der Waals surface area contributed by atoms with Crippen LogP contribution in [0, 0.1) is 0 Å². The third kappa shape index (κ3) is 4.27. The number of amides is 1. The van der Waals surface area contributed by atoms with Crippen molar-refractivity contribution in [1.29, 1.82) is 0 Å². The van der Waals surface area contributed by atoms with Gasteiger partial charge in [-0.3, -0.25) is 14.4 Å². The SMILES string of the molecule is CCSc1nnc(NC(=O)[C@@H]2CCN(S(C)(=O)=O)c3ccccc3O2)s1. The predicted octanol–water partition coefficient (Wildman–Crippen LogP) is 2.21. The van der Waals surface area contributed by atoms with E-state index in [4.69, 9.17) is 4.74 Å². The molecule has 140 valence electrons. The van der Waals surface area contributed by atoms with Gasteiger partial charge in [-0.2, -0.15) is 0 Å². The molecule has 1 aromatic carbocycles. The van der Waals surface area contributed by atoms with Crippen LogP contribution in [0.5, 0.6) is 5.75 Å². The normalized spacial score (nSPS) is 17.2. The number of carbonyl (C=O) groups is 1. The van der Waals surface area contributed by atoms with E-state index in [9.17, 15) is 13.2 Å². The van der Waals surface area contributed by atoms with Crippen LogP contribution in [0.4, 0.5) is 10.8 Å². The number of nitrogens with one attached hydrogen (secondary N) is 1. The molecule has 1 aromatic heterocycles. The lowest BCUT2D eigenvalue weighted by molar-refractivity contribution is -0.122. The number of anilines is 2. The lowest BCUT2D eigenvalue weighted by atomic mass is 10.2.